The van der Waals surface area contributed by atoms with Crippen molar-refractivity contribution in [2.45, 2.75) is 51.2 Å². The van der Waals surface area contributed by atoms with Gasteiger partial charge in [0, 0.05) is 12.5 Å². The molecule has 3 rings (SSSR count). The van der Waals surface area contributed by atoms with Gasteiger partial charge in [-0.25, -0.2) is 4.79 Å². The number of rotatable bonds is 10. The van der Waals surface area contributed by atoms with Crippen LogP contribution in [-0.4, -0.2) is 53.0 Å². The van der Waals surface area contributed by atoms with Crippen LogP contribution in [0.3, 0.4) is 0 Å². The third-order valence-electron chi connectivity index (χ3n) is 6.29. The lowest BCUT2D eigenvalue weighted by Gasteiger charge is -2.26. The molecule has 0 heterocycles. The summed E-state index contributed by atoms with van der Waals surface area (Å²) in [5.74, 6) is -1.98. The fraction of sp³-hybridized carbons (Fsp3) is 0.423. The van der Waals surface area contributed by atoms with Gasteiger partial charge in [-0.05, 0) is 35.1 Å². The molecular weight excluding hydrogens is 436 g/mol. The van der Waals surface area contributed by atoms with Crippen molar-refractivity contribution >= 4 is 18.0 Å². The van der Waals surface area contributed by atoms with Gasteiger partial charge in [0.25, 0.3) is 0 Å². The lowest BCUT2D eigenvalue weighted by Crippen LogP contribution is -2.53. The highest BCUT2D eigenvalue weighted by molar-refractivity contribution is 5.86. The van der Waals surface area contributed by atoms with Crippen LogP contribution < -0.4 is 10.6 Å². The average molecular weight is 469 g/mol. The summed E-state index contributed by atoms with van der Waals surface area (Å²) < 4.78 is 5.56. The predicted octanol–water partition coefficient (Wildman–Crippen LogP) is 3.28. The van der Waals surface area contributed by atoms with E-state index >= 15 is 0 Å². The standard InChI is InChI=1S/C26H32N2O6/c1-4-16(2)23(24(31)27-15-26(3,33)13-22(29)30)28-25(32)34-14-21-19-11-7-5-9-17(19)18-10-6-8-12-20(18)21/h5-12,16,21,23,33H,4,13-15H2,1-3H3,(H,27,31)(H,28,32)(H,29,30). The second kappa shape index (κ2) is 10.7. The number of carboxylic acid groups (broad SMARTS) is 1. The highest BCUT2D eigenvalue weighted by atomic mass is 16.5. The number of nitrogens with one attached hydrogen (secondary N) is 2. The molecule has 182 valence electrons. The molecule has 2 aromatic rings. The number of hydrogen-bond acceptors (Lipinski definition) is 5. The van der Waals surface area contributed by atoms with Gasteiger partial charge in [-0.3, -0.25) is 9.59 Å². The SMILES string of the molecule is CCC(C)C(NC(=O)OCC1c2ccccc2-c2ccccc21)C(=O)NCC(C)(O)CC(=O)O. The molecule has 4 N–H and O–H groups in total. The highest BCUT2D eigenvalue weighted by Gasteiger charge is 2.32. The molecule has 3 unspecified atom stereocenters. The Hall–Kier alpha value is -3.39. The first-order valence-electron chi connectivity index (χ1n) is 11.5. The monoisotopic (exact) mass is 468 g/mol. The third-order valence-corrected chi connectivity index (χ3v) is 6.29. The topological polar surface area (TPSA) is 125 Å². The molecule has 0 fully saturated rings. The number of carbonyl (C=O) groups is 3. The van der Waals surface area contributed by atoms with Gasteiger partial charge in [-0.1, -0.05) is 68.8 Å². The molecule has 3 atom stereocenters. The molecule has 8 nitrogen and oxygen atoms in total. The molecule has 2 amide bonds. The Morgan fingerprint density at radius 1 is 1.06 bits per heavy atom. The van der Waals surface area contributed by atoms with Crippen LogP contribution in [0.15, 0.2) is 48.5 Å². The highest BCUT2D eigenvalue weighted by Crippen LogP contribution is 2.44. The minimum absolute atomic E-state index is 0.0971. The maximum absolute atomic E-state index is 12.8. The Balaban J connectivity index is 1.63. The van der Waals surface area contributed by atoms with Gasteiger partial charge in [-0.15, -0.1) is 0 Å². The molecule has 0 aliphatic heterocycles. The van der Waals surface area contributed by atoms with Gasteiger partial charge in [0.15, 0.2) is 0 Å². The van der Waals surface area contributed by atoms with E-state index in [2.05, 4.69) is 22.8 Å². The maximum Gasteiger partial charge on any atom is 0.407 e. The number of carbonyl (C=O) groups excluding carboxylic acids is 2. The van der Waals surface area contributed by atoms with Crippen LogP contribution >= 0.6 is 0 Å². The van der Waals surface area contributed by atoms with E-state index in [1.807, 2.05) is 50.2 Å². The molecule has 0 aromatic heterocycles. The number of hydrogen-bond donors (Lipinski definition) is 4. The van der Waals surface area contributed by atoms with Crippen molar-refractivity contribution in [2.24, 2.45) is 5.92 Å². The van der Waals surface area contributed by atoms with Crippen molar-refractivity contribution < 1.29 is 29.3 Å². The Morgan fingerprint density at radius 3 is 2.15 bits per heavy atom. The Morgan fingerprint density at radius 2 is 1.62 bits per heavy atom. The summed E-state index contributed by atoms with van der Waals surface area (Å²) in [5.41, 5.74) is 2.82. The molecule has 0 bridgehead atoms. The van der Waals surface area contributed by atoms with Gasteiger partial charge in [0.05, 0.1) is 12.0 Å². The zero-order chi connectivity index (χ0) is 24.9. The minimum atomic E-state index is -1.61. The maximum atomic E-state index is 12.8. The molecule has 0 radical (unpaired) electrons. The van der Waals surface area contributed by atoms with Crippen LogP contribution in [0.1, 0.15) is 50.7 Å². The zero-order valence-electron chi connectivity index (χ0n) is 19.7. The third kappa shape index (κ3) is 5.94. The summed E-state index contributed by atoms with van der Waals surface area (Å²) in [6, 6.07) is 15.2. The van der Waals surface area contributed by atoms with Crippen molar-refractivity contribution in [3.8, 4) is 11.1 Å². The number of ether oxygens (including phenoxy) is 1. The van der Waals surface area contributed by atoms with E-state index in [0.717, 1.165) is 22.3 Å². The summed E-state index contributed by atoms with van der Waals surface area (Å²) >= 11 is 0. The van der Waals surface area contributed by atoms with E-state index in [-0.39, 0.29) is 25.0 Å². The van der Waals surface area contributed by atoms with Crippen LogP contribution in [0.25, 0.3) is 11.1 Å². The van der Waals surface area contributed by atoms with Crippen molar-refractivity contribution in [3.63, 3.8) is 0 Å². The van der Waals surface area contributed by atoms with Crippen LogP contribution in [0, 0.1) is 5.92 Å². The number of benzene rings is 2. The summed E-state index contributed by atoms with van der Waals surface area (Å²) in [6.07, 6.45) is -0.603. The molecule has 1 aliphatic carbocycles. The molecular formula is C26H32N2O6. The van der Waals surface area contributed by atoms with E-state index in [9.17, 15) is 19.5 Å². The number of amides is 2. The van der Waals surface area contributed by atoms with Crippen LogP contribution in [-0.2, 0) is 14.3 Å². The van der Waals surface area contributed by atoms with Crippen LogP contribution in [0.4, 0.5) is 4.79 Å². The molecule has 0 saturated carbocycles. The van der Waals surface area contributed by atoms with Crippen molar-refractivity contribution in [3.05, 3.63) is 59.7 Å². The molecule has 0 spiro atoms. The number of aliphatic hydroxyl groups is 1. The van der Waals surface area contributed by atoms with Gasteiger partial charge in [0.2, 0.25) is 5.91 Å². The van der Waals surface area contributed by atoms with Crippen molar-refractivity contribution in [2.75, 3.05) is 13.2 Å². The first-order valence-corrected chi connectivity index (χ1v) is 11.5. The Bertz CT molecular complexity index is 1010. The van der Waals surface area contributed by atoms with Crippen molar-refractivity contribution in [1.82, 2.24) is 10.6 Å². The summed E-state index contributed by atoms with van der Waals surface area (Å²) in [4.78, 5) is 36.3. The molecule has 34 heavy (non-hydrogen) atoms. The van der Waals surface area contributed by atoms with E-state index in [1.54, 1.807) is 0 Å². The van der Waals surface area contributed by atoms with E-state index in [0.29, 0.717) is 6.42 Å². The van der Waals surface area contributed by atoms with Crippen LogP contribution in [0.2, 0.25) is 0 Å². The minimum Gasteiger partial charge on any atom is -0.481 e. The normalized spacial score (nSPS) is 15.9. The largest absolute Gasteiger partial charge is 0.481 e. The first-order chi connectivity index (χ1) is 16.1. The van der Waals surface area contributed by atoms with Gasteiger partial charge in [0.1, 0.15) is 12.6 Å². The fourth-order valence-corrected chi connectivity index (χ4v) is 4.24. The number of fused-ring (bicyclic) bond motifs is 3. The number of aliphatic carboxylic acids is 1. The fourth-order valence-electron chi connectivity index (χ4n) is 4.24. The molecule has 8 heteroatoms. The smallest absolute Gasteiger partial charge is 0.407 e. The summed E-state index contributed by atoms with van der Waals surface area (Å²) in [6.45, 7) is 4.92. The lowest BCUT2D eigenvalue weighted by molar-refractivity contribution is -0.142. The second-order valence-electron chi connectivity index (χ2n) is 9.12. The van der Waals surface area contributed by atoms with Gasteiger partial charge >= 0.3 is 12.1 Å². The van der Waals surface area contributed by atoms with Crippen LogP contribution in [0.5, 0.6) is 0 Å². The molecule has 0 saturated heterocycles. The Labute approximate surface area is 199 Å². The van der Waals surface area contributed by atoms with Gasteiger partial charge in [-0.2, -0.15) is 0 Å². The molecule has 2 aromatic carbocycles. The van der Waals surface area contributed by atoms with E-state index < -0.39 is 36.0 Å². The summed E-state index contributed by atoms with van der Waals surface area (Å²) in [5, 5.41) is 24.2. The van der Waals surface area contributed by atoms with Gasteiger partial charge < -0.3 is 25.6 Å². The van der Waals surface area contributed by atoms with Crippen molar-refractivity contribution in [1.29, 1.82) is 0 Å². The van der Waals surface area contributed by atoms with E-state index in [4.69, 9.17) is 9.84 Å². The second-order valence-corrected chi connectivity index (χ2v) is 9.12. The zero-order valence-corrected chi connectivity index (χ0v) is 19.7. The quantitative estimate of drug-likeness (QED) is 0.424. The Kier molecular flexibility index (Phi) is 7.94. The lowest BCUT2D eigenvalue weighted by atomic mass is 9.97. The number of carboxylic acids is 1. The predicted molar refractivity (Wildman–Crippen MR) is 127 cm³/mol. The first kappa shape index (κ1) is 25.2. The van der Waals surface area contributed by atoms with E-state index in [1.165, 1.54) is 6.92 Å². The number of alkyl carbamates (subject to hydrolysis) is 1. The average Bonchev–Trinajstić information content (AvgIpc) is 3.12. The molecule has 1 aliphatic rings. The summed E-state index contributed by atoms with van der Waals surface area (Å²) in [7, 11) is 0.